The van der Waals surface area contributed by atoms with Crippen LogP contribution in [-0.2, 0) is 4.79 Å². The number of thioether (sulfide) groups is 1. The molecular formula is C19H16N2O6S. The number of phenolic OH excluding ortho intramolecular Hbond substituents is 1. The van der Waals surface area contributed by atoms with Gasteiger partial charge in [0.25, 0.3) is 5.91 Å². The van der Waals surface area contributed by atoms with E-state index in [0.717, 1.165) is 17.8 Å². The van der Waals surface area contributed by atoms with Gasteiger partial charge in [-0.3, -0.25) is 4.79 Å². The third-order valence-corrected chi connectivity index (χ3v) is 4.72. The van der Waals surface area contributed by atoms with Crippen molar-refractivity contribution in [3.63, 3.8) is 0 Å². The number of ether oxygens (including phenoxy) is 2. The number of carboxylic acids is 1. The fourth-order valence-electron chi connectivity index (χ4n) is 2.48. The summed E-state index contributed by atoms with van der Waals surface area (Å²) in [6.07, 6.45) is 1.64. The maximum absolute atomic E-state index is 12.3. The molecule has 0 saturated carbocycles. The van der Waals surface area contributed by atoms with Crippen molar-refractivity contribution in [2.24, 2.45) is 4.99 Å². The number of aromatic carboxylic acids is 1. The third kappa shape index (κ3) is 4.09. The van der Waals surface area contributed by atoms with Crippen LogP contribution in [0.15, 0.2) is 46.3 Å². The molecule has 2 aromatic rings. The first-order chi connectivity index (χ1) is 13.4. The number of rotatable bonds is 5. The van der Waals surface area contributed by atoms with Crippen LogP contribution in [0.25, 0.3) is 6.08 Å². The number of hydrogen-bond donors (Lipinski definition) is 3. The minimum Gasteiger partial charge on any atom is -0.508 e. The molecule has 0 spiro atoms. The maximum Gasteiger partial charge on any atom is 0.338 e. The van der Waals surface area contributed by atoms with Gasteiger partial charge in [0.1, 0.15) is 17.2 Å². The van der Waals surface area contributed by atoms with Gasteiger partial charge in [-0.25, -0.2) is 9.79 Å². The van der Waals surface area contributed by atoms with Crippen molar-refractivity contribution in [2.45, 2.75) is 0 Å². The lowest BCUT2D eigenvalue weighted by Crippen LogP contribution is -2.19. The fourth-order valence-corrected chi connectivity index (χ4v) is 3.30. The van der Waals surface area contributed by atoms with Crippen molar-refractivity contribution in [2.75, 3.05) is 14.2 Å². The maximum atomic E-state index is 12.3. The summed E-state index contributed by atoms with van der Waals surface area (Å²) in [7, 11) is 3.06. The number of methoxy groups -OCH3 is 2. The quantitative estimate of drug-likeness (QED) is 0.661. The average Bonchev–Trinajstić information content (AvgIpc) is 3.01. The molecule has 1 saturated heterocycles. The zero-order chi connectivity index (χ0) is 20.3. The van der Waals surface area contributed by atoms with Crippen LogP contribution in [0.5, 0.6) is 17.2 Å². The van der Waals surface area contributed by atoms with Gasteiger partial charge < -0.3 is 25.0 Å². The Labute approximate surface area is 164 Å². The Morgan fingerprint density at radius 2 is 1.96 bits per heavy atom. The van der Waals surface area contributed by atoms with Crippen molar-refractivity contribution in [1.82, 2.24) is 5.32 Å². The summed E-state index contributed by atoms with van der Waals surface area (Å²) in [4.78, 5) is 28.2. The average molecular weight is 400 g/mol. The van der Waals surface area contributed by atoms with Gasteiger partial charge in [0.05, 0.1) is 30.4 Å². The van der Waals surface area contributed by atoms with Gasteiger partial charge in [0.2, 0.25) is 0 Å². The van der Waals surface area contributed by atoms with Gasteiger partial charge in [-0.05, 0) is 54.2 Å². The van der Waals surface area contributed by atoms with Gasteiger partial charge in [-0.2, -0.15) is 0 Å². The van der Waals surface area contributed by atoms with E-state index in [1.807, 2.05) is 0 Å². The summed E-state index contributed by atoms with van der Waals surface area (Å²) in [6, 6.07) is 9.00. The predicted octanol–water partition coefficient (Wildman–Crippen LogP) is 3.00. The molecule has 0 aliphatic carbocycles. The van der Waals surface area contributed by atoms with Gasteiger partial charge >= 0.3 is 5.97 Å². The van der Waals surface area contributed by atoms with Crippen LogP contribution in [0.4, 0.5) is 5.69 Å². The number of benzene rings is 2. The van der Waals surface area contributed by atoms with Gasteiger partial charge in [-0.1, -0.05) is 0 Å². The molecule has 144 valence electrons. The zero-order valence-corrected chi connectivity index (χ0v) is 15.7. The van der Waals surface area contributed by atoms with Crippen LogP contribution in [-0.4, -0.2) is 41.5 Å². The normalized spacial score (nSPS) is 16.3. The number of nitrogens with one attached hydrogen (secondary N) is 1. The van der Waals surface area contributed by atoms with Crippen molar-refractivity contribution < 1.29 is 29.3 Å². The van der Waals surface area contributed by atoms with E-state index in [2.05, 4.69) is 10.3 Å². The van der Waals surface area contributed by atoms with Crippen molar-refractivity contribution >= 4 is 40.6 Å². The molecule has 0 atom stereocenters. The van der Waals surface area contributed by atoms with E-state index in [0.29, 0.717) is 22.0 Å². The number of aromatic hydroxyl groups is 1. The summed E-state index contributed by atoms with van der Waals surface area (Å²) in [5, 5.41) is 21.6. The van der Waals surface area contributed by atoms with E-state index >= 15 is 0 Å². The Morgan fingerprint density at radius 1 is 1.18 bits per heavy atom. The largest absolute Gasteiger partial charge is 0.508 e. The second-order valence-corrected chi connectivity index (χ2v) is 6.63. The molecule has 9 heteroatoms. The first-order valence-electron chi connectivity index (χ1n) is 7.99. The highest BCUT2D eigenvalue weighted by Crippen LogP contribution is 2.33. The SMILES string of the molecule is COc1ccc(OC)c(/C=C2\SC(=Nc3ccc(O)cc3C(=O)O)NC2=O)c1. The molecule has 8 nitrogen and oxygen atoms in total. The van der Waals surface area contributed by atoms with Crippen LogP contribution in [0.1, 0.15) is 15.9 Å². The molecule has 0 unspecified atom stereocenters. The van der Waals surface area contributed by atoms with E-state index in [4.69, 9.17) is 9.47 Å². The lowest BCUT2D eigenvalue weighted by molar-refractivity contribution is -0.115. The molecule has 3 N–H and O–H groups in total. The molecule has 1 heterocycles. The summed E-state index contributed by atoms with van der Waals surface area (Å²) >= 11 is 1.06. The first-order valence-corrected chi connectivity index (χ1v) is 8.81. The molecular weight excluding hydrogens is 384 g/mol. The third-order valence-electron chi connectivity index (χ3n) is 3.81. The summed E-state index contributed by atoms with van der Waals surface area (Å²) in [5.41, 5.74) is 0.596. The number of nitrogens with zero attached hydrogens (tertiary/aromatic N) is 1. The molecule has 1 fully saturated rings. The van der Waals surface area contributed by atoms with E-state index in [9.17, 15) is 19.8 Å². The van der Waals surface area contributed by atoms with Crippen molar-refractivity contribution in [3.8, 4) is 17.2 Å². The number of carbonyl (C=O) groups is 2. The molecule has 0 aromatic heterocycles. The van der Waals surface area contributed by atoms with Crippen molar-refractivity contribution in [3.05, 3.63) is 52.4 Å². The Balaban J connectivity index is 1.94. The topological polar surface area (TPSA) is 117 Å². The highest BCUT2D eigenvalue weighted by atomic mass is 32.2. The van der Waals surface area contributed by atoms with E-state index in [1.165, 1.54) is 26.4 Å². The number of aliphatic imine (C=N–C) groups is 1. The molecule has 3 rings (SSSR count). The van der Waals surface area contributed by atoms with Crippen LogP contribution in [0.3, 0.4) is 0 Å². The predicted molar refractivity (Wildman–Crippen MR) is 105 cm³/mol. The smallest absolute Gasteiger partial charge is 0.338 e. The number of phenols is 1. The van der Waals surface area contributed by atoms with E-state index in [1.54, 1.807) is 24.3 Å². The molecule has 28 heavy (non-hydrogen) atoms. The van der Waals surface area contributed by atoms with E-state index < -0.39 is 5.97 Å². The lowest BCUT2D eigenvalue weighted by Gasteiger charge is -2.07. The number of amidine groups is 1. The standard InChI is InChI=1S/C19H16N2O6S/c1-26-12-4-6-15(27-2)10(7-12)8-16-17(23)21-19(28-16)20-14-5-3-11(22)9-13(14)18(24)25/h3-9,22H,1-2H3,(H,24,25)(H,20,21,23)/b16-8-. The number of hydrogen-bond acceptors (Lipinski definition) is 7. The summed E-state index contributed by atoms with van der Waals surface area (Å²) in [6.45, 7) is 0. The van der Waals surface area contributed by atoms with Crippen LogP contribution >= 0.6 is 11.8 Å². The summed E-state index contributed by atoms with van der Waals surface area (Å²) < 4.78 is 10.5. The fraction of sp³-hybridized carbons (Fsp3) is 0.105. The number of carboxylic acid groups (broad SMARTS) is 1. The lowest BCUT2D eigenvalue weighted by atomic mass is 10.1. The van der Waals surface area contributed by atoms with E-state index in [-0.39, 0.29) is 28.1 Å². The molecule has 1 aliphatic rings. The Bertz CT molecular complexity index is 1020. The Morgan fingerprint density at radius 3 is 2.64 bits per heavy atom. The second-order valence-electron chi connectivity index (χ2n) is 5.60. The summed E-state index contributed by atoms with van der Waals surface area (Å²) in [5.74, 6) is -0.611. The molecule has 0 radical (unpaired) electrons. The molecule has 0 bridgehead atoms. The monoisotopic (exact) mass is 400 g/mol. The Kier molecular flexibility index (Phi) is 5.55. The zero-order valence-electron chi connectivity index (χ0n) is 14.9. The number of amides is 1. The molecule has 2 aromatic carbocycles. The van der Waals surface area contributed by atoms with Crippen LogP contribution < -0.4 is 14.8 Å². The van der Waals surface area contributed by atoms with Gasteiger partial charge in [0, 0.05) is 5.56 Å². The molecule has 1 aliphatic heterocycles. The van der Waals surface area contributed by atoms with Gasteiger partial charge in [-0.15, -0.1) is 0 Å². The second kappa shape index (κ2) is 8.05. The highest BCUT2D eigenvalue weighted by molar-refractivity contribution is 8.18. The minimum atomic E-state index is -1.23. The minimum absolute atomic E-state index is 0.119. The first kappa shape index (κ1) is 19.3. The Hall–Kier alpha value is -3.46. The van der Waals surface area contributed by atoms with Crippen molar-refractivity contribution in [1.29, 1.82) is 0 Å². The molecule has 1 amide bonds. The van der Waals surface area contributed by atoms with Gasteiger partial charge in [0.15, 0.2) is 5.17 Å². The van der Waals surface area contributed by atoms with Crippen LogP contribution in [0.2, 0.25) is 0 Å². The van der Waals surface area contributed by atoms with Crippen LogP contribution in [0, 0.1) is 0 Å². The highest BCUT2D eigenvalue weighted by Gasteiger charge is 2.25. The number of carbonyl (C=O) groups excluding carboxylic acids is 1.